The van der Waals surface area contributed by atoms with Gasteiger partial charge in [-0.15, -0.1) is 5.10 Å². The van der Waals surface area contributed by atoms with Gasteiger partial charge < -0.3 is 28.7 Å². The van der Waals surface area contributed by atoms with E-state index in [1.54, 1.807) is 16.8 Å². The van der Waals surface area contributed by atoms with Crippen molar-refractivity contribution in [3.63, 3.8) is 0 Å². The first-order valence-electron chi connectivity index (χ1n) is 9.53. The molecule has 3 aromatic rings. The van der Waals surface area contributed by atoms with Crippen molar-refractivity contribution < 1.29 is 28.2 Å². The second-order valence-electron chi connectivity index (χ2n) is 7.24. The van der Waals surface area contributed by atoms with Crippen molar-refractivity contribution in [2.75, 3.05) is 20.0 Å². The summed E-state index contributed by atoms with van der Waals surface area (Å²) in [5.41, 5.74) is 0.799. The molecule has 5 heterocycles. The van der Waals surface area contributed by atoms with Gasteiger partial charge in [-0.2, -0.15) is 0 Å². The quantitative estimate of drug-likeness (QED) is 0.664. The molecule has 2 fully saturated rings. The Morgan fingerprint density at radius 2 is 2.00 bits per heavy atom. The van der Waals surface area contributed by atoms with Crippen molar-refractivity contribution in [3.8, 4) is 22.9 Å². The highest BCUT2D eigenvalue weighted by molar-refractivity contribution is 5.91. The number of carbonyl (C=O) groups is 1. The molecule has 4 atom stereocenters. The monoisotopic (exact) mass is 411 g/mol. The fourth-order valence-electron chi connectivity index (χ4n) is 4.10. The van der Waals surface area contributed by atoms with Gasteiger partial charge in [-0.05, 0) is 40.8 Å². The van der Waals surface area contributed by atoms with Gasteiger partial charge >= 0.3 is 0 Å². The molecule has 1 amide bonds. The lowest BCUT2D eigenvalue weighted by molar-refractivity contribution is 0.0613. The molecule has 1 N–H and O–H groups in total. The van der Waals surface area contributed by atoms with Crippen LogP contribution >= 0.6 is 0 Å². The van der Waals surface area contributed by atoms with Crippen LogP contribution in [0.3, 0.4) is 0 Å². The number of nitrogens with zero attached hydrogens (tertiary/aromatic N) is 4. The molecule has 0 radical (unpaired) electrons. The summed E-state index contributed by atoms with van der Waals surface area (Å²) in [6.45, 7) is 0.897. The molecule has 154 valence electrons. The number of tetrazole rings is 1. The molecule has 30 heavy (non-hydrogen) atoms. The first kappa shape index (κ1) is 17.4. The summed E-state index contributed by atoms with van der Waals surface area (Å²) in [5, 5.41) is 15.1. The van der Waals surface area contributed by atoms with Gasteiger partial charge in [0.25, 0.3) is 5.91 Å². The van der Waals surface area contributed by atoms with Crippen LogP contribution in [0.15, 0.2) is 41.0 Å². The Labute approximate surface area is 169 Å². The third-order valence-electron chi connectivity index (χ3n) is 5.53. The van der Waals surface area contributed by atoms with E-state index in [9.17, 15) is 4.79 Å². The van der Waals surface area contributed by atoms with Gasteiger partial charge in [-0.3, -0.25) is 4.79 Å². The van der Waals surface area contributed by atoms with Gasteiger partial charge in [0.2, 0.25) is 6.79 Å². The van der Waals surface area contributed by atoms with Crippen molar-refractivity contribution in [3.05, 3.63) is 42.4 Å². The van der Waals surface area contributed by atoms with Crippen LogP contribution in [0.1, 0.15) is 16.6 Å². The molecular formula is C19H17N5O6. The number of hydrogen-bond donors (Lipinski definition) is 1. The third-order valence-corrected chi connectivity index (χ3v) is 5.53. The lowest BCUT2D eigenvalue weighted by Crippen LogP contribution is -2.44. The van der Waals surface area contributed by atoms with Gasteiger partial charge in [0, 0.05) is 5.56 Å². The molecule has 11 nitrogen and oxygen atoms in total. The topological polar surface area (TPSA) is 123 Å². The fraction of sp³-hybridized carbons (Fsp3) is 0.368. The predicted molar refractivity (Wildman–Crippen MR) is 97.9 cm³/mol. The molecule has 2 aromatic heterocycles. The molecule has 0 bridgehead atoms. The highest BCUT2D eigenvalue weighted by Gasteiger charge is 2.50. The molecular weight excluding hydrogens is 394 g/mol. The Bertz CT molecular complexity index is 1080. The number of fused-ring (bicyclic) bond motifs is 2. The normalized spacial score (nSPS) is 26.7. The van der Waals surface area contributed by atoms with E-state index in [0.717, 1.165) is 5.56 Å². The minimum absolute atomic E-state index is 0.197. The molecule has 11 heteroatoms. The van der Waals surface area contributed by atoms with Gasteiger partial charge in [0.15, 0.2) is 23.1 Å². The Morgan fingerprint density at radius 1 is 1.10 bits per heavy atom. The van der Waals surface area contributed by atoms with Gasteiger partial charge in [-0.25, -0.2) is 4.68 Å². The maximum absolute atomic E-state index is 12.3. The Kier molecular flexibility index (Phi) is 3.96. The van der Waals surface area contributed by atoms with E-state index < -0.39 is 0 Å². The van der Waals surface area contributed by atoms with Crippen molar-refractivity contribution in [1.82, 2.24) is 25.5 Å². The average Bonchev–Trinajstić information content (AvgIpc) is 3.57. The summed E-state index contributed by atoms with van der Waals surface area (Å²) in [6.07, 6.45) is 0.867. The lowest BCUT2D eigenvalue weighted by Gasteiger charge is -2.18. The van der Waals surface area contributed by atoms with Gasteiger partial charge in [0.05, 0.1) is 25.5 Å². The van der Waals surface area contributed by atoms with Crippen LogP contribution in [0, 0.1) is 0 Å². The lowest BCUT2D eigenvalue weighted by atomic mass is 10.1. The summed E-state index contributed by atoms with van der Waals surface area (Å²) < 4.78 is 29.6. The van der Waals surface area contributed by atoms with E-state index in [4.69, 9.17) is 23.4 Å². The summed E-state index contributed by atoms with van der Waals surface area (Å²) >= 11 is 0. The van der Waals surface area contributed by atoms with E-state index in [1.165, 1.54) is 6.26 Å². The second-order valence-corrected chi connectivity index (χ2v) is 7.24. The highest BCUT2D eigenvalue weighted by Crippen LogP contribution is 2.38. The maximum atomic E-state index is 12.3. The number of carbonyl (C=O) groups excluding carboxylic acids is 1. The largest absolute Gasteiger partial charge is 0.459 e. The van der Waals surface area contributed by atoms with Crippen LogP contribution < -0.4 is 14.8 Å². The molecule has 3 aliphatic rings. The van der Waals surface area contributed by atoms with Crippen LogP contribution in [0.5, 0.6) is 11.5 Å². The molecule has 0 spiro atoms. The van der Waals surface area contributed by atoms with E-state index in [-0.39, 0.29) is 42.8 Å². The van der Waals surface area contributed by atoms with Crippen LogP contribution in [0.25, 0.3) is 11.4 Å². The fourth-order valence-corrected chi connectivity index (χ4v) is 4.10. The van der Waals surface area contributed by atoms with Crippen LogP contribution in [-0.4, -0.2) is 64.4 Å². The minimum atomic E-state index is -0.303. The van der Waals surface area contributed by atoms with Crippen LogP contribution in [0.2, 0.25) is 0 Å². The minimum Gasteiger partial charge on any atom is -0.459 e. The highest BCUT2D eigenvalue weighted by atomic mass is 16.7. The first-order valence-corrected chi connectivity index (χ1v) is 9.53. The number of amides is 1. The number of rotatable bonds is 4. The van der Waals surface area contributed by atoms with Crippen molar-refractivity contribution >= 4 is 5.91 Å². The van der Waals surface area contributed by atoms with Crippen molar-refractivity contribution in [1.29, 1.82) is 0 Å². The van der Waals surface area contributed by atoms with Crippen LogP contribution in [0.4, 0.5) is 0 Å². The van der Waals surface area contributed by atoms with Crippen molar-refractivity contribution in [2.24, 2.45) is 0 Å². The molecule has 0 saturated carbocycles. The average molecular weight is 411 g/mol. The SMILES string of the molecule is O=C(N[C@H]1CO[C@H]2[C@@H]1OC[C@@H]2n1nnnc1-c1ccc2c(c1)OCO2)c1ccco1. The zero-order chi connectivity index (χ0) is 20.1. The Hall–Kier alpha value is -3.44. The number of hydrogen-bond acceptors (Lipinski definition) is 9. The smallest absolute Gasteiger partial charge is 0.287 e. The molecule has 2 saturated heterocycles. The molecule has 6 rings (SSSR count). The summed E-state index contributed by atoms with van der Waals surface area (Å²) in [4.78, 5) is 12.3. The van der Waals surface area contributed by atoms with E-state index >= 15 is 0 Å². The van der Waals surface area contributed by atoms with Gasteiger partial charge in [0.1, 0.15) is 18.2 Å². The number of nitrogens with one attached hydrogen (secondary N) is 1. The second kappa shape index (κ2) is 6.82. The maximum Gasteiger partial charge on any atom is 0.287 e. The molecule has 1 aromatic carbocycles. The molecule has 3 aliphatic heterocycles. The zero-order valence-electron chi connectivity index (χ0n) is 15.6. The van der Waals surface area contributed by atoms with E-state index in [2.05, 4.69) is 20.8 Å². The molecule has 0 aliphatic carbocycles. The zero-order valence-corrected chi connectivity index (χ0v) is 15.6. The Morgan fingerprint density at radius 3 is 2.90 bits per heavy atom. The number of ether oxygens (including phenoxy) is 4. The predicted octanol–water partition coefficient (Wildman–Crippen LogP) is 0.799. The first-order chi connectivity index (χ1) is 14.8. The van der Waals surface area contributed by atoms with E-state index in [1.807, 2.05) is 18.2 Å². The van der Waals surface area contributed by atoms with Crippen LogP contribution in [-0.2, 0) is 9.47 Å². The standard InChI is InChI=1S/C19H17N5O6/c25-19(14-2-1-5-26-14)20-11-7-27-17-12(8-28-16(11)17)24-18(21-22-23-24)10-3-4-13-15(6-10)30-9-29-13/h1-6,11-12,16-17H,7-9H2,(H,20,25)/t11-,12-,16+,17+/m0/s1. The van der Waals surface area contributed by atoms with Crippen molar-refractivity contribution in [2.45, 2.75) is 24.3 Å². The summed E-state index contributed by atoms with van der Waals surface area (Å²) in [6, 6.07) is 8.32. The third kappa shape index (κ3) is 2.74. The number of aromatic nitrogens is 4. The number of furan rings is 1. The number of benzene rings is 1. The van der Waals surface area contributed by atoms with Gasteiger partial charge in [-0.1, -0.05) is 0 Å². The summed E-state index contributed by atoms with van der Waals surface area (Å²) in [5.74, 6) is 1.87. The summed E-state index contributed by atoms with van der Waals surface area (Å²) in [7, 11) is 0. The molecule has 0 unspecified atom stereocenters. The van der Waals surface area contributed by atoms with E-state index in [0.29, 0.717) is 30.5 Å². The Balaban J connectivity index is 1.22.